The number of halogens is 3. The van der Waals surface area contributed by atoms with Crippen LogP contribution in [0.5, 0.6) is 0 Å². The fourth-order valence-electron chi connectivity index (χ4n) is 3.78. The molecule has 2 aromatic rings. The fraction of sp³-hybridized carbons (Fsp3) is 0.429. The van der Waals surface area contributed by atoms with E-state index < -0.39 is 11.6 Å². The Morgan fingerprint density at radius 1 is 1.10 bits per heavy atom. The molecule has 5 nitrogen and oxygen atoms in total. The van der Waals surface area contributed by atoms with Crippen molar-refractivity contribution in [3.63, 3.8) is 0 Å². The largest absolute Gasteiger partial charge is 0.353 e. The lowest BCUT2D eigenvalue weighted by molar-refractivity contribution is 0.370. The molecule has 1 saturated carbocycles. The quantitative estimate of drug-likeness (QED) is 0.386. The van der Waals surface area contributed by atoms with Crippen LogP contribution in [-0.2, 0) is 0 Å². The second kappa shape index (κ2) is 9.69. The molecule has 2 aliphatic rings. The summed E-state index contributed by atoms with van der Waals surface area (Å²) < 4.78 is 28.1. The van der Waals surface area contributed by atoms with E-state index in [-0.39, 0.29) is 41.5 Å². The second-order valence-electron chi connectivity index (χ2n) is 7.19. The fourth-order valence-corrected chi connectivity index (χ4v) is 3.78. The number of aliphatic imine (C=N–C) groups is 1. The molecule has 2 heterocycles. The number of anilines is 1. The van der Waals surface area contributed by atoms with Gasteiger partial charge < -0.3 is 15.1 Å². The second-order valence-corrected chi connectivity index (χ2v) is 7.19. The molecule has 2 atom stereocenters. The van der Waals surface area contributed by atoms with E-state index in [1.165, 1.54) is 18.2 Å². The lowest BCUT2D eigenvalue weighted by atomic mass is 10.1. The molecule has 0 bridgehead atoms. The minimum absolute atomic E-state index is 0. The van der Waals surface area contributed by atoms with Gasteiger partial charge in [-0.1, -0.05) is 12.1 Å². The number of nitrogens with one attached hydrogen (secondary N) is 1. The van der Waals surface area contributed by atoms with E-state index in [4.69, 9.17) is 0 Å². The predicted octanol–water partition coefficient (Wildman–Crippen LogP) is 3.62. The molecule has 1 aromatic carbocycles. The van der Waals surface area contributed by atoms with Crippen molar-refractivity contribution in [2.24, 2.45) is 4.99 Å². The summed E-state index contributed by atoms with van der Waals surface area (Å²) in [6.45, 7) is 6.03. The lowest BCUT2D eigenvalue weighted by Gasteiger charge is -2.37. The molecule has 29 heavy (non-hydrogen) atoms. The van der Waals surface area contributed by atoms with Crippen LogP contribution in [0.15, 0.2) is 47.6 Å². The standard InChI is InChI=1S/C21H25F2N5.HI/c1-2-24-21(26-18-14-15(18)20-16(22)6-5-7-17(20)23)28-12-10-27(11-13-28)19-8-3-4-9-25-19;/h3-9,15,18H,2,10-14H2,1H3,(H,24,26);1H. The minimum Gasteiger partial charge on any atom is -0.353 e. The Balaban J connectivity index is 0.00000240. The van der Waals surface area contributed by atoms with Gasteiger partial charge >= 0.3 is 0 Å². The topological polar surface area (TPSA) is 43.8 Å². The maximum atomic E-state index is 14.0. The van der Waals surface area contributed by atoms with E-state index in [2.05, 4.69) is 25.1 Å². The highest BCUT2D eigenvalue weighted by atomic mass is 127. The van der Waals surface area contributed by atoms with E-state index in [0.29, 0.717) is 13.0 Å². The summed E-state index contributed by atoms with van der Waals surface area (Å²) in [7, 11) is 0. The first-order valence-corrected chi connectivity index (χ1v) is 9.83. The average Bonchev–Trinajstić information content (AvgIpc) is 3.47. The number of hydrogen-bond acceptors (Lipinski definition) is 3. The van der Waals surface area contributed by atoms with Crippen LogP contribution in [0.1, 0.15) is 24.8 Å². The van der Waals surface area contributed by atoms with Crippen molar-refractivity contribution >= 4 is 35.8 Å². The third kappa shape index (κ3) is 4.96. The van der Waals surface area contributed by atoms with Gasteiger partial charge in [-0.2, -0.15) is 0 Å². The summed E-state index contributed by atoms with van der Waals surface area (Å²) >= 11 is 0. The van der Waals surface area contributed by atoms with Crippen molar-refractivity contribution in [3.8, 4) is 0 Å². The minimum atomic E-state index is -0.466. The summed E-state index contributed by atoms with van der Waals surface area (Å²) in [5, 5.41) is 3.43. The molecule has 0 radical (unpaired) electrons. The monoisotopic (exact) mass is 513 g/mol. The van der Waals surface area contributed by atoms with Crippen molar-refractivity contribution in [1.82, 2.24) is 15.2 Å². The Labute approximate surface area is 187 Å². The highest BCUT2D eigenvalue weighted by Gasteiger charge is 2.43. The molecular weight excluding hydrogens is 487 g/mol. The predicted molar refractivity (Wildman–Crippen MR) is 122 cm³/mol. The molecule has 0 spiro atoms. The van der Waals surface area contributed by atoms with Gasteiger partial charge in [-0.3, -0.25) is 4.99 Å². The van der Waals surface area contributed by atoms with Gasteiger partial charge in [0.2, 0.25) is 0 Å². The molecule has 2 unspecified atom stereocenters. The number of hydrogen-bond donors (Lipinski definition) is 1. The Hall–Kier alpha value is -1.97. The molecule has 8 heteroatoms. The average molecular weight is 513 g/mol. The Bertz CT molecular complexity index is 820. The summed E-state index contributed by atoms with van der Waals surface area (Å²) in [4.78, 5) is 13.5. The van der Waals surface area contributed by atoms with Crippen molar-refractivity contribution in [2.45, 2.75) is 25.3 Å². The zero-order valence-electron chi connectivity index (χ0n) is 16.4. The normalized spacial score (nSPS) is 21.6. The van der Waals surface area contributed by atoms with E-state index in [1.54, 1.807) is 0 Å². The zero-order chi connectivity index (χ0) is 19.5. The van der Waals surface area contributed by atoms with Crippen LogP contribution in [0.25, 0.3) is 0 Å². The number of piperazine rings is 1. The van der Waals surface area contributed by atoms with Gasteiger partial charge in [0.05, 0.1) is 0 Å². The first kappa shape index (κ1) is 21.7. The molecule has 1 aliphatic heterocycles. The summed E-state index contributed by atoms with van der Waals surface area (Å²) in [5.41, 5.74) is 0.191. The molecule has 1 aliphatic carbocycles. The van der Waals surface area contributed by atoms with Gasteiger partial charge in [0.25, 0.3) is 0 Å². The number of nitrogens with zero attached hydrogens (tertiary/aromatic N) is 4. The maximum Gasteiger partial charge on any atom is 0.194 e. The van der Waals surface area contributed by atoms with Crippen LogP contribution in [0.2, 0.25) is 0 Å². The van der Waals surface area contributed by atoms with Crippen LogP contribution in [0.4, 0.5) is 14.6 Å². The molecule has 1 N–H and O–H groups in total. The van der Waals surface area contributed by atoms with Crippen LogP contribution in [-0.4, -0.2) is 54.6 Å². The number of rotatable bonds is 4. The number of aromatic nitrogens is 1. The van der Waals surface area contributed by atoms with E-state index in [9.17, 15) is 8.78 Å². The Morgan fingerprint density at radius 3 is 2.45 bits per heavy atom. The van der Waals surface area contributed by atoms with Crippen molar-refractivity contribution < 1.29 is 8.78 Å². The van der Waals surface area contributed by atoms with Crippen molar-refractivity contribution in [2.75, 3.05) is 37.6 Å². The van der Waals surface area contributed by atoms with Gasteiger partial charge in [-0.05, 0) is 37.6 Å². The van der Waals surface area contributed by atoms with Gasteiger partial charge in [0, 0.05) is 56.4 Å². The number of pyridine rings is 1. The van der Waals surface area contributed by atoms with Gasteiger partial charge in [0.1, 0.15) is 17.5 Å². The van der Waals surface area contributed by atoms with Crippen molar-refractivity contribution in [3.05, 3.63) is 59.8 Å². The number of guanidine groups is 1. The molecule has 156 valence electrons. The maximum absolute atomic E-state index is 14.0. The summed E-state index contributed by atoms with van der Waals surface area (Å²) in [6.07, 6.45) is 2.52. The highest BCUT2D eigenvalue weighted by molar-refractivity contribution is 14.0. The first-order chi connectivity index (χ1) is 13.7. The van der Waals surface area contributed by atoms with E-state index in [0.717, 1.165) is 38.0 Å². The molecule has 1 saturated heterocycles. The smallest absolute Gasteiger partial charge is 0.194 e. The van der Waals surface area contributed by atoms with Crippen LogP contribution in [0, 0.1) is 11.6 Å². The SMILES string of the molecule is CCN=C(NC1CC1c1c(F)cccc1F)N1CCN(c2ccccn2)CC1.I. The molecule has 2 fully saturated rings. The van der Waals surface area contributed by atoms with Gasteiger partial charge in [-0.25, -0.2) is 13.8 Å². The Kier molecular flexibility index (Phi) is 7.26. The zero-order valence-corrected chi connectivity index (χ0v) is 18.7. The Morgan fingerprint density at radius 2 is 1.83 bits per heavy atom. The van der Waals surface area contributed by atoms with Crippen LogP contribution < -0.4 is 10.2 Å². The molecular formula is C21H26F2IN5. The summed E-state index contributed by atoms with van der Waals surface area (Å²) in [6, 6.07) is 10.0. The van der Waals surface area contributed by atoms with Gasteiger partial charge in [-0.15, -0.1) is 24.0 Å². The van der Waals surface area contributed by atoms with Gasteiger partial charge in [0.15, 0.2) is 5.96 Å². The molecule has 0 amide bonds. The lowest BCUT2D eigenvalue weighted by Crippen LogP contribution is -2.53. The van der Waals surface area contributed by atoms with E-state index in [1.807, 2.05) is 31.3 Å². The highest BCUT2D eigenvalue weighted by Crippen LogP contribution is 2.43. The van der Waals surface area contributed by atoms with Crippen LogP contribution in [0.3, 0.4) is 0 Å². The third-order valence-electron chi connectivity index (χ3n) is 5.34. The molecule has 4 rings (SSSR count). The summed E-state index contributed by atoms with van der Waals surface area (Å²) in [5.74, 6) is 0.742. The van der Waals surface area contributed by atoms with E-state index >= 15 is 0 Å². The first-order valence-electron chi connectivity index (χ1n) is 9.83. The number of benzene rings is 1. The van der Waals surface area contributed by atoms with Crippen molar-refractivity contribution in [1.29, 1.82) is 0 Å². The van der Waals surface area contributed by atoms with Crippen LogP contribution >= 0.6 is 24.0 Å². The third-order valence-corrected chi connectivity index (χ3v) is 5.34. The molecule has 1 aromatic heterocycles.